The van der Waals surface area contributed by atoms with E-state index >= 15 is 0 Å². The van der Waals surface area contributed by atoms with Crippen LogP contribution in [0.15, 0.2) is 48.8 Å². The van der Waals surface area contributed by atoms with Crippen LogP contribution in [0.3, 0.4) is 0 Å². The molecule has 0 radical (unpaired) electrons. The summed E-state index contributed by atoms with van der Waals surface area (Å²) in [6.45, 7) is 0.128. The molecule has 0 aliphatic carbocycles. The molecule has 3 N–H and O–H groups in total. The average molecular weight is 467 g/mol. The van der Waals surface area contributed by atoms with E-state index in [1.165, 1.54) is 19.4 Å². The van der Waals surface area contributed by atoms with Crippen LogP contribution in [0.25, 0.3) is 11.0 Å². The molecule has 1 aromatic carbocycles. The van der Waals surface area contributed by atoms with Gasteiger partial charge in [-0.05, 0) is 24.3 Å². The molecule has 33 heavy (non-hydrogen) atoms. The monoisotopic (exact) mass is 466 g/mol. The first kappa shape index (κ1) is 22.0. The standard InChI is InChI=1S/C21H19FN8O2S/c1-30(33(2,31)32)20-14(6-4-8-24-20)11-25-18-17-16(22)12-26-19(17)29-21(28-18)27-15-7-3-5-13(9-15)10-23/h3-9,12H,11H2,1-2H3,(H3,25,26,27,28,29). The molecule has 12 heteroatoms. The molecule has 10 nitrogen and oxygen atoms in total. The van der Waals surface area contributed by atoms with Crippen molar-refractivity contribution in [2.45, 2.75) is 6.54 Å². The van der Waals surface area contributed by atoms with Gasteiger partial charge < -0.3 is 15.6 Å². The summed E-state index contributed by atoms with van der Waals surface area (Å²) in [5.74, 6) is 0.0975. The maximum Gasteiger partial charge on any atom is 0.233 e. The number of fused-ring (bicyclic) bond motifs is 1. The molecule has 4 rings (SSSR count). The van der Waals surface area contributed by atoms with Crippen LogP contribution in [-0.2, 0) is 16.6 Å². The van der Waals surface area contributed by atoms with Gasteiger partial charge in [-0.3, -0.25) is 4.31 Å². The van der Waals surface area contributed by atoms with Crippen molar-refractivity contribution in [2.75, 3.05) is 28.2 Å². The first-order valence-corrected chi connectivity index (χ1v) is 11.5. The Morgan fingerprint density at radius 2 is 2.06 bits per heavy atom. The Labute approximate surface area is 189 Å². The summed E-state index contributed by atoms with van der Waals surface area (Å²) in [5.41, 5.74) is 1.90. The second-order valence-corrected chi connectivity index (χ2v) is 9.16. The molecule has 0 unspecified atom stereocenters. The van der Waals surface area contributed by atoms with Gasteiger partial charge >= 0.3 is 0 Å². The van der Waals surface area contributed by atoms with Gasteiger partial charge in [0, 0.05) is 37.2 Å². The fourth-order valence-corrected chi connectivity index (χ4v) is 3.64. The molecule has 0 bridgehead atoms. The molecule has 3 heterocycles. The van der Waals surface area contributed by atoms with Crippen molar-refractivity contribution in [2.24, 2.45) is 0 Å². The van der Waals surface area contributed by atoms with Crippen molar-refractivity contribution in [3.63, 3.8) is 0 Å². The van der Waals surface area contributed by atoms with Crippen LogP contribution in [0.2, 0.25) is 0 Å². The Kier molecular flexibility index (Phi) is 5.80. The Balaban J connectivity index is 1.67. The van der Waals surface area contributed by atoms with Crippen LogP contribution in [0.5, 0.6) is 0 Å². The lowest BCUT2D eigenvalue weighted by Crippen LogP contribution is -2.27. The number of halogens is 1. The van der Waals surface area contributed by atoms with E-state index in [2.05, 4.69) is 36.6 Å². The molecule has 0 atom stereocenters. The predicted octanol–water partition coefficient (Wildman–Crippen LogP) is 3.12. The third-order valence-corrected chi connectivity index (χ3v) is 6.01. The second kappa shape index (κ2) is 8.71. The van der Waals surface area contributed by atoms with Crippen molar-refractivity contribution >= 4 is 44.3 Å². The lowest BCUT2D eigenvalue weighted by molar-refractivity contribution is 0.599. The van der Waals surface area contributed by atoms with E-state index in [1.54, 1.807) is 36.4 Å². The molecule has 0 saturated carbocycles. The third kappa shape index (κ3) is 4.68. The summed E-state index contributed by atoms with van der Waals surface area (Å²) in [7, 11) is -2.11. The molecule has 0 fully saturated rings. The van der Waals surface area contributed by atoms with Gasteiger partial charge in [-0.2, -0.15) is 15.2 Å². The summed E-state index contributed by atoms with van der Waals surface area (Å²) in [6.07, 6.45) is 3.76. The molecule has 0 aliphatic heterocycles. The highest BCUT2D eigenvalue weighted by Crippen LogP contribution is 2.27. The molecule has 0 aliphatic rings. The van der Waals surface area contributed by atoms with Crippen LogP contribution < -0.4 is 14.9 Å². The molecule has 3 aromatic heterocycles. The zero-order chi connectivity index (χ0) is 23.6. The van der Waals surface area contributed by atoms with Crippen LogP contribution >= 0.6 is 0 Å². The summed E-state index contributed by atoms with van der Waals surface area (Å²) >= 11 is 0. The number of aromatic amines is 1. The number of benzene rings is 1. The number of hydrogen-bond donors (Lipinski definition) is 3. The molecule has 0 saturated heterocycles. The number of nitrogens with zero attached hydrogens (tertiary/aromatic N) is 5. The quantitative estimate of drug-likeness (QED) is 0.377. The minimum atomic E-state index is -3.52. The van der Waals surface area contributed by atoms with Gasteiger partial charge in [-0.1, -0.05) is 12.1 Å². The molecule has 4 aromatic rings. The third-order valence-electron chi connectivity index (χ3n) is 4.84. The maximum atomic E-state index is 14.4. The first-order valence-electron chi connectivity index (χ1n) is 9.69. The summed E-state index contributed by atoms with van der Waals surface area (Å²) in [5, 5.41) is 15.3. The number of H-pyrrole nitrogens is 1. The van der Waals surface area contributed by atoms with Gasteiger partial charge in [0.2, 0.25) is 16.0 Å². The maximum absolute atomic E-state index is 14.4. The average Bonchev–Trinajstić information content (AvgIpc) is 3.17. The Morgan fingerprint density at radius 1 is 1.24 bits per heavy atom. The van der Waals surface area contributed by atoms with Crippen molar-refractivity contribution in [3.8, 4) is 6.07 Å². The predicted molar refractivity (Wildman–Crippen MR) is 123 cm³/mol. The van der Waals surface area contributed by atoms with Crippen molar-refractivity contribution in [1.29, 1.82) is 5.26 Å². The van der Waals surface area contributed by atoms with E-state index in [0.29, 0.717) is 16.8 Å². The van der Waals surface area contributed by atoms with E-state index in [0.717, 1.165) is 10.6 Å². The van der Waals surface area contributed by atoms with Crippen LogP contribution in [0.4, 0.5) is 27.7 Å². The topological polar surface area (TPSA) is 140 Å². The fourth-order valence-electron chi connectivity index (χ4n) is 3.16. The number of nitrogens with one attached hydrogen (secondary N) is 3. The lowest BCUT2D eigenvalue weighted by Gasteiger charge is -2.19. The lowest BCUT2D eigenvalue weighted by atomic mass is 10.2. The molecule has 0 spiro atoms. The fraction of sp³-hybridized carbons (Fsp3) is 0.143. The van der Waals surface area contributed by atoms with Gasteiger partial charge in [-0.15, -0.1) is 0 Å². The first-order chi connectivity index (χ1) is 15.8. The number of nitriles is 1. The van der Waals surface area contributed by atoms with Crippen molar-refractivity contribution < 1.29 is 12.8 Å². The van der Waals surface area contributed by atoms with Crippen LogP contribution in [-0.4, -0.2) is 41.7 Å². The minimum absolute atomic E-state index is 0.128. The van der Waals surface area contributed by atoms with Gasteiger partial charge in [0.15, 0.2) is 5.82 Å². The highest BCUT2D eigenvalue weighted by molar-refractivity contribution is 7.92. The number of pyridine rings is 1. The van der Waals surface area contributed by atoms with Crippen LogP contribution in [0, 0.1) is 17.1 Å². The normalized spacial score (nSPS) is 11.2. The van der Waals surface area contributed by atoms with E-state index in [-0.39, 0.29) is 35.2 Å². The summed E-state index contributed by atoms with van der Waals surface area (Å²) in [4.78, 5) is 15.6. The minimum Gasteiger partial charge on any atom is -0.365 e. The van der Waals surface area contributed by atoms with Crippen LogP contribution in [0.1, 0.15) is 11.1 Å². The number of sulfonamides is 1. The number of anilines is 4. The zero-order valence-electron chi connectivity index (χ0n) is 17.7. The zero-order valence-corrected chi connectivity index (χ0v) is 18.5. The smallest absolute Gasteiger partial charge is 0.233 e. The highest BCUT2D eigenvalue weighted by atomic mass is 32.2. The van der Waals surface area contributed by atoms with E-state index in [1.807, 2.05) is 0 Å². The number of aromatic nitrogens is 4. The summed E-state index contributed by atoms with van der Waals surface area (Å²) in [6, 6.07) is 12.2. The van der Waals surface area contributed by atoms with Crippen molar-refractivity contribution in [3.05, 3.63) is 65.7 Å². The molecule has 168 valence electrons. The molecular weight excluding hydrogens is 447 g/mol. The Bertz CT molecular complexity index is 1480. The van der Waals surface area contributed by atoms with Gasteiger partial charge in [-0.25, -0.2) is 17.8 Å². The number of rotatable bonds is 7. The molecular formula is C21H19FN8O2S. The SMILES string of the molecule is CN(c1ncccc1CNc1nc(Nc2cccc(C#N)c2)nc2[nH]cc(F)c12)S(C)(=O)=O. The van der Waals surface area contributed by atoms with Crippen molar-refractivity contribution in [1.82, 2.24) is 19.9 Å². The van der Waals surface area contributed by atoms with E-state index in [4.69, 9.17) is 5.26 Å². The van der Waals surface area contributed by atoms with E-state index < -0.39 is 15.8 Å². The highest BCUT2D eigenvalue weighted by Gasteiger charge is 2.18. The Morgan fingerprint density at radius 3 is 2.82 bits per heavy atom. The van der Waals surface area contributed by atoms with Gasteiger partial charge in [0.1, 0.15) is 17.3 Å². The van der Waals surface area contributed by atoms with Gasteiger partial charge in [0.25, 0.3) is 0 Å². The summed E-state index contributed by atoms with van der Waals surface area (Å²) < 4.78 is 39.5. The largest absolute Gasteiger partial charge is 0.365 e. The molecule has 0 amide bonds. The second-order valence-electron chi connectivity index (χ2n) is 7.14. The van der Waals surface area contributed by atoms with E-state index in [9.17, 15) is 12.8 Å². The van der Waals surface area contributed by atoms with Gasteiger partial charge in [0.05, 0.1) is 23.3 Å². The Hall–Kier alpha value is -4.24. The number of hydrogen-bond acceptors (Lipinski definition) is 8.